The Balaban J connectivity index is 1.78. The monoisotopic (exact) mass is 361 g/mol. The molecule has 0 saturated carbocycles. The number of nitrogens with zero attached hydrogens (tertiary/aromatic N) is 1. The quantitative estimate of drug-likeness (QED) is 0.370. The Morgan fingerprint density at radius 1 is 1.48 bits per heavy atom. The molecule has 1 aromatic rings. The van der Waals surface area contributed by atoms with E-state index in [0.29, 0.717) is 6.42 Å². The van der Waals surface area contributed by atoms with Gasteiger partial charge in [-0.15, -0.1) is 0 Å². The summed E-state index contributed by atoms with van der Waals surface area (Å²) in [5.74, 6) is -0.855. The van der Waals surface area contributed by atoms with Gasteiger partial charge in [0.25, 0.3) is 5.56 Å². The molecule has 126 valence electrons. The number of rotatable bonds is 4. The van der Waals surface area contributed by atoms with Crippen LogP contribution < -0.4 is 21.9 Å². The number of carbonyl (C=O) groups is 2. The number of aromatic nitrogens is 2. The summed E-state index contributed by atoms with van der Waals surface area (Å²) in [5.41, 5.74) is 4.96. The molecular weight excluding hydrogens is 346 g/mol. The summed E-state index contributed by atoms with van der Waals surface area (Å²) in [6, 6.07) is -0.146. The Morgan fingerprint density at radius 3 is 2.83 bits per heavy atom. The van der Waals surface area contributed by atoms with Crippen LogP contribution in [0.2, 0.25) is 0 Å². The number of urea groups is 1. The minimum Gasteiger partial charge on any atom is -0.383 e. The smallest absolute Gasteiger partial charge is 0.321 e. The lowest BCUT2D eigenvalue weighted by atomic mass is 10.3. The summed E-state index contributed by atoms with van der Waals surface area (Å²) in [6.45, 7) is 0. The van der Waals surface area contributed by atoms with E-state index in [2.05, 4.69) is 20.6 Å². The highest BCUT2D eigenvalue weighted by Crippen LogP contribution is 2.12. The molecule has 0 aromatic carbocycles. The zero-order valence-corrected chi connectivity index (χ0v) is 13.5. The lowest BCUT2D eigenvalue weighted by molar-refractivity contribution is -0.117. The van der Waals surface area contributed by atoms with Crippen molar-refractivity contribution in [2.45, 2.75) is 17.6 Å². The molecule has 2 rings (SSSR count). The predicted molar refractivity (Wildman–Crippen MR) is 83.7 cm³/mol. The van der Waals surface area contributed by atoms with Crippen LogP contribution in [-0.2, 0) is 14.6 Å². The summed E-state index contributed by atoms with van der Waals surface area (Å²) in [6.07, 6.45) is 0.327. The fourth-order valence-electron chi connectivity index (χ4n) is 1.95. The summed E-state index contributed by atoms with van der Waals surface area (Å²) in [7, 11) is -3.11. The summed E-state index contributed by atoms with van der Waals surface area (Å²) >= 11 is 0.907. The number of sulfone groups is 1. The SMILES string of the molecule is Nc1cc(=O)[nH]c(SCC(=O)NC(=O)N[C@@H]2CCS(=O)(=O)C2)n1. The van der Waals surface area contributed by atoms with E-state index in [1.54, 1.807) is 0 Å². The van der Waals surface area contributed by atoms with Crippen molar-refractivity contribution in [1.82, 2.24) is 20.6 Å². The van der Waals surface area contributed by atoms with Gasteiger partial charge in [0.2, 0.25) is 5.91 Å². The molecule has 0 spiro atoms. The molecule has 0 radical (unpaired) electrons. The number of hydrogen-bond donors (Lipinski definition) is 4. The average molecular weight is 361 g/mol. The molecule has 1 aromatic heterocycles. The van der Waals surface area contributed by atoms with Gasteiger partial charge in [0.05, 0.1) is 17.3 Å². The lowest BCUT2D eigenvalue weighted by Gasteiger charge is -2.11. The molecule has 0 unspecified atom stereocenters. The van der Waals surface area contributed by atoms with Crippen LogP contribution in [0.5, 0.6) is 0 Å². The highest BCUT2D eigenvalue weighted by molar-refractivity contribution is 7.99. The summed E-state index contributed by atoms with van der Waals surface area (Å²) in [5, 5.41) is 4.67. The molecule has 1 aliphatic heterocycles. The van der Waals surface area contributed by atoms with Gasteiger partial charge in [-0.2, -0.15) is 0 Å². The fourth-order valence-corrected chi connectivity index (χ4v) is 4.30. The number of imide groups is 1. The van der Waals surface area contributed by atoms with Crippen LogP contribution >= 0.6 is 11.8 Å². The largest absolute Gasteiger partial charge is 0.383 e. The minimum absolute atomic E-state index is 0.0240. The second kappa shape index (κ2) is 7.00. The number of hydrogen-bond acceptors (Lipinski definition) is 8. The Bertz CT molecular complexity index is 775. The topological polar surface area (TPSA) is 164 Å². The van der Waals surface area contributed by atoms with E-state index in [9.17, 15) is 22.8 Å². The number of nitrogens with one attached hydrogen (secondary N) is 3. The molecular formula is C11H15N5O5S2. The highest BCUT2D eigenvalue weighted by atomic mass is 32.2. The highest BCUT2D eigenvalue weighted by Gasteiger charge is 2.29. The first-order chi connectivity index (χ1) is 10.7. The molecule has 10 nitrogen and oxygen atoms in total. The lowest BCUT2D eigenvalue weighted by Crippen LogP contribution is -2.45. The van der Waals surface area contributed by atoms with Crippen LogP contribution in [0.3, 0.4) is 0 Å². The van der Waals surface area contributed by atoms with Crippen LogP contribution in [0.25, 0.3) is 0 Å². The molecule has 5 N–H and O–H groups in total. The van der Waals surface area contributed by atoms with E-state index < -0.39 is 33.4 Å². The van der Waals surface area contributed by atoms with Crippen LogP contribution in [0.15, 0.2) is 16.0 Å². The number of carbonyl (C=O) groups excluding carboxylic acids is 2. The molecule has 0 aliphatic carbocycles. The van der Waals surface area contributed by atoms with Crippen molar-refractivity contribution in [2.24, 2.45) is 0 Å². The number of nitrogens with two attached hydrogens (primary N) is 1. The molecule has 1 fully saturated rings. The van der Waals surface area contributed by atoms with Gasteiger partial charge in [-0.1, -0.05) is 11.8 Å². The molecule has 1 aliphatic rings. The maximum absolute atomic E-state index is 11.6. The van der Waals surface area contributed by atoms with Crippen LogP contribution in [0.4, 0.5) is 10.6 Å². The summed E-state index contributed by atoms with van der Waals surface area (Å²) < 4.78 is 22.5. The van der Waals surface area contributed by atoms with Gasteiger partial charge in [-0.05, 0) is 6.42 Å². The van der Waals surface area contributed by atoms with E-state index in [1.165, 1.54) is 0 Å². The Hall–Kier alpha value is -2.08. The van der Waals surface area contributed by atoms with Crippen LogP contribution in [0, 0.1) is 0 Å². The fraction of sp³-hybridized carbons (Fsp3) is 0.455. The molecule has 23 heavy (non-hydrogen) atoms. The van der Waals surface area contributed by atoms with Gasteiger partial charge < -0.3 is 16.0 Å². The zero-order valence-electron chi connectivity index (χ0n) is 11.9. The zero-order chi connectivity index (χ0) is 17.0. The van der Waals surface area contributed by atoms with Crippen molar-refractivity contribution in [3.05, 3.63) is 16.4 Å². The van der Waals surface area contributed by atoms with Crippen LogP contribution in [0.1, 0.15) is 6.42 Å². The molecule has 1 saturated heterocycles. The number of amides is 3. The van der Waals surface area contributed by atoms with E-state index in [0.717, 1.165) is 17.8 Å². The normalized spacial score (nSPS) is 19.2. The van der Waals surface area contributed by atoms with Gasteiger partial charge in [-0.25, -0.2) is 18.2 Å². The standard InChI is InChI=1S/C11H15N5O5S2/c12-7-3-8(17)16-11(14-7)22-4-9(18)15-10(19)13-6-1-2-23(20,21)5-6/h3,6H,1-2,4-5H2,(H3,12,14,16,17)(H2,13,15,18,19)/t6-/m1/s1. The maximum Gasteiger partial charge on any atom is 0.321 e. The number of nitrogen functional groups attached to an aromatic ring is 1. The third kappa shape index (κ3) is 5.56. The Morgan fingerprint density at radius 2 is 2.22 bits per heavy atom. The number of anilines is 1. The second-order valence-corrected chi connectivity index (χ2v) is 8.08. The maximum atomic E-state index is 11.6. The van der Waals surface area contributed by atoms with Gasteiger partial charge in [0, 0.05) is 12.1 Å². The van der Waals surface area contributed by atoms with Crippen molar-refractivity contribution in [2.75, 3.05) is 23.0 Å². The van der Waals surface area contributed by atoms with E-state index in [4.69, 9.17) is 5.73 Å². The molecule has 3 amide bonds. The van der Waals surface area contributed by atoms with Gasteiger partial charge >= 0.3 is 6.03 Å². The number of H-pyrrole nitrogens is 1. The van der Waals surface area contributed by atoms with Crippen molar-refractivity contribution in [3.63, 3.8) is 0 Å². The third-order valence-corrected chi connectivity index (χ3v) is 5.54. The molecule has 0 bridgehead atoms. The van der Waals surface area contributed by atoms with E-state index in [-0.39, 0.29) is 28.2 Å². The first-order valence-corrected chi connectivity index (χ1v) is 9.34. The van der Waals surface area contributed by atoms with Crippen molar-refractivity contribution >= 4 is 39.4 Å². The minimum atomic E-state index is -3.11. The number of aromatic amines is 1. The molecule has 1 atom stereocenters. The first-order valence-electron chi connectivity index (χ1n) is 6.54. The summed E-state index contributed by atoms with van der Waals surface area (Å²) in [4.78, 5) is 40.6. The number of thioether (sulfide) groups is 1. The molecule has 2 heterocycles. The average Bonchev–Trinajstić information content (AvgIpc) is 2.74. The second-order valence-electron chi connectivity index (χ2n) is 4.89. The van der Waals surface area contributed by atoms with Crippen molar-refractivity contribution < 1.29 is 18.0 Å². The van der Waals surface area contributed by atoms with Crippen LogP contribution in [-0.4, -0.2) is 53.6 Å². The van der Waals surface area contributed by atoms with Gasteiger partial charge in [0.15, 0.2) is 15.0 Å². The van der Waals surface area contributed by atoms with Gasteiger partial charge in [-0.3, -0.25) is 14.9 Å². The van der Waals surface area contributed by atoms with Gasteiger partial charge in [0.1, 0.15) is 5.82 Å². The van der Waals surface area contributed by atoms with Crippen molar-refractivity contribution in [3.8, 4) is 0 Å². The van der Waals surface area contributed by atoms with E-state index in [1.807, 2.05) is 0 Å². The van der Waals surface area contributed by atoms with E-state index >= 15 is 0 Å². The molecule has 12 heteroatoms. The Labute approximate surface area is 135 Å². The Kier molecular flexibility index (Phi) is 5.26. The first kappa shape index (κ1) is 17.3. The third-order valence-electron chi connectivity index (χ3n) is 2.90. The predicted octanol–water partition coefficient (Wildman–Crippen LogP) is -1.54. The van der Waals surface area contributed by atoms with Crippen molar-refractivity contribution in [1.29, 1.82) is 0 Å².